The molecule has 0 radical (unpaired) electrons. The van der Waals surface area contributed by atoms with Crippen molar-refractivity contribution >= 4 is 40.6 Å². The molecule has 4 nitrogen and oxygen atoms in total. The molecule has 1 aromatic carbocycles. The first-order valence-corrected chi connectivity index (χ1v) is 8.21. The van der Waals surface area contributed by atoms with Gasteiger partial charge in [-0.2, -0.15) is 11.8 Å². The highest BCUT2D eigenvalue weighted by Crippen LogP contribution is 2.24. The van der Waals surface area contributed by atoms with Crippen molar-refractivity contribution in [2.75, 3.05) is 29.1 Å². The van der Waals surface area contributed by atoms with Crippen LogP contribution in [0.3, 0.4) is 0 Å². The van der Waals surface area contributed by atoms with Crippen molar-refractivity contribution < 1.29 is 4.79 Å². The highest BCUT2D eigenvalue weighted by Gasteiger charge is 2.28. The molecule has 1 saturated heterocycles. The standard InChI is InChI=1S/C14H20ClN3OS/c1-9-8-20-6-5-18(9)10(2)14(19)17-13-4-3-11(15)7-12(13)16/h3-4,7,9-10H,5-6,8,16H2,1-2H3,(H,17,19). The summed E-state index contributed by atoms with van der Waals surface area (Å²) >= 11 is 7.79. The third-order valence-electron chi connectivity index (χ3n) is 3.57. The molecule has 1 heterocycles. The number of nitrogen functional groups attached to an aromatic ring is 1. The number of nitrogens with two attached hydrogens (primary N) is 1. The van der Waals surface area contributed by atoms with Crippen LogP contribution in [0, 0.1) is 0 Å². The van der Waals surface area contributed by atoms with Gasteiger partial charge in [-0.15, -0.1) is 0 Å². The Morgan fingerprint density at radius 3 is 3.00 bits per heavy atom. The molecule has 0 bridgehead atoms. The molecule has 6 heteroatoms. The van der Waals surface area contributed by atoms with Crippen molar-refractivity contribution in [3.8, 4) is 0 Å². The second kappa shape index (κ2) is 6.70. The van der Waals surface area contributed by atoms with Gasteiger partial charge in [0.2, 0.25) is 5.91 Å². The van der Waals surface area contributed by atoms with Gasteiger partial charge < -0.3 is 11.1 Å². The maximum Gasteiger partial charge on any atom is 0.241 e. The summed E-state index contributed by atoms with van der Waals surface area (Å²) in [4.78, 5) is 14.6. The molecule has 2 atom stereocenters. The van der Waals surface area contributed by atoms with E-state index in [9.17, 15) is 4.79 Å². The van der Waals surface area contributed by atoms with Crippen LogP contribution in [0.25, 0.3) is 0 Å². The quantitative estimate of drug-likeness (QED) is 0.842. The predicted octanol–water partition coefficient (Wildman–Crippen LogP) is 2.69. The van der Waals surface area contributed by atoms with Crippen molar-refractivity contribution in [3.63, 3.8) is 0 Å². The van der Waals surface area contributed by atoms with Crippen molar-refractivity contribution in [2.45, 2.75) is 25.9 Å². The Labute approximate surface area is 129 Å². The van der Waals surface area contributed by atoms with Gasteiger partial charge in [-0.05, 0) is 32.0 Å². The van der Waals surface area contributed by atoms with Gasteiger partial charge in [-0.25, -0.2) is 0 Å². The number of rotatable bonds is 3. The van der Waals surface area contributed by atoms with Crippen LogP contribution < -0.4 is 11.1 Å². The van der Waals surface area contributed by atoms with Gasteiger partial charge in [-0.3, -0.25) is 9.69 Å². The Bertz CT molecular complexity index is 497. The van der Waals surface area contributed by atoms with Gasteiger partial charge in [-0.1, -0.05) is 11.6 Å². The van der Waals surface area contributed by atoms with Gasteiger partial charge in [0.15, 0.2) is 0 Å². The van der Waals surface area contributed by atoms with Crippen molar-refractivity contribution in [3.05, 3.63) is 23.2 Å². The molecular formula is C14H20ClN3OS. The largest absolute Gasteiger partial charge is 0.397 e. The number of benzene rings is 1. The number of nitrogens with zero attached hydrogens (tertiary/aromatic N) is 1. The van der Waals surface area contributed by atoms with E-state index in [1.807, 2.05) is 18.7 Å². The van der Waals surface area contributed by atoms with Crippen LogP contribution in [0.5, 0.6) is 0 Å². The van der Waals surface area contributed by atoms with E-state index >= 15 is 0 Å². The number of halogens is 1. The highest BCUT2D eigenvalue weighted by molar-refractivity contribution is 7.99. The summed E-state index contributed by atoms with van der Waals surface area (Å²) in [5.41, 5.74) is 6.96. The first kappa shape index (κ1) is 15.5. The number of anilines is 2. The number of carbonyl (C=O) groups is 1. The summed E-state index contributed by atoms with van der Waals surface area (Å²) in [6, 6.07) is 5.34. The van der Waals surface area contributed by atoms with Crippen LogP contribution in [0.1, 0.15) is 13.8 Å². The zero-order valence-electron chi connectivity index (χ0n) is 11.7. The molecule has 1 aliphatic heterocycles. The summed E-state index contributed by atoms with van der Waals surface area (Å²) in [6.07, 6.45) is 0. The minimum Gasteiger partial charge on any atom is -0.397 e. The van der Waals surface area contributed by atoms with Crippen LogP contribution in [0.2, 0.25) is 5.02 Å². The molecule has 110 valence electrons. The molecule has 3 N–H and O–H groups in total. The van der Waals surface area contributed by atoms with Crippen LogP contribution in [0.15, 0.2) is 18.2 Å². The van der Waals surface area contributed by atoms with Gasteiger partial charge >= 0.3 is 0 Å². The normalized spacial score (nSPS) is 21.4. The van der Waals surface area contributed by atoms with E-state index in [2.05, 4.69) is 17.1 Å². The smallest absolute Gasteiger partial charge is 0.241 e. The summed E-state index contributed by atoms with van der Waals surface area (Å²) in [5.74, 6) is 2.11. The molecule has 0 aliphatic carbocycles. The number of amides is 1. The van der Waals surface area contributed by atoms with E-state index in [-0.39, 0.29) is 11.9 Å². The van der Waals surface area contributed by atoms with Gasteiger partial charge in [0.05, 0.1) is 17.4 Å². The highest BCUT2D eigenvalue weighted by atomic mass is 35.5. The number of hydrogen-bond donors (Lipinski definition) is 2. The molecule has 0 saturated carbocycles. The lowest BCUT2D eigenvalue weighted by atomic mass is 10.2. The van der Waals surface area contributed by atoms with Gasteiger partial charge in [0.25, 0.3) is 0 Å². The summed E-state index contributed by atoms with van der Waals surface area (Å²) in [6.45, 7) is 5.04. The minimum absolute atomic E-state index is 0.0298. The van der Waals surface area contributed by atoms with E-state index in [1.165, 1.54) is 0 Å². The second-order valence-corrected chi connectivity index (χ2v) is 6.64. The van der Waals surface area contributed by atoms with Crippen molar-refractivity contribution in [2.24, 2.45) is 0 Å². The molecule has 20 heavy (non-hydrogen) atoms. The van der Waals surface area contributed by atoms with E-state index in [0.717, 1.165) is 18.1 Å². The van der Waals surface area contributed by atoms with Crippen LogP contribution in [-0.2, 0) is 4.79 Å². The molecule has 1 aliphatic rings. The van der Waals surface area contributed by atoms with Crippen LogP contribution in [0.4, 0.5) is 11.4 Å². The van der Waals surface area contributed by atoms with E-state index in [1.54, 1.807) is 18.2 Å². The SMILES string of the molecule is CC1CSCCN1C(C)C(=O)Nc1ccc(Cl)cc1N. The fourth-order valence-electron chi connectivity index (χ4n) is 2.35. The molecule has 2 rings (SSSR count). The Balaban J connectivity index is 2.03. The first-order valence-electron chi connectivity index (χ1n) is 6.68. The number of carbonyl (C=O) groups excluding carboxylic acids is 1. The van der Waals surface area contributed by atoms with Crippen molar-refractivity contribution in [1.82, 2.24) is 4.90 Å². The molecule has 0 aromatic heterocycles. The Morgan fingerprint density at radius 2 is 2.35 bits per heavy atom. The first-order chi connectivity index (χ1) is 9.49. The fraction of sp³-hybridized carbons (Fsp3) is 0.500. The topological polar surface area (TPSA) is 58.4 Å². The Kier molecular flexibility index (Phi) is 5.18. The zero-order valence-corrected chi connectivity index (χ0v) is 13.3. The zero-order chi connectivity index (χ0) is 14.7. The Hall–Kier alpha value is -0.910. The van der Waals surface area contributed by atoms with Gasteiger partial charge in [0.1, 0.15) is 0 Å². The lowest BCUT2D eigenvalue weighted by Crippen LogP contribution is -2.50. The predicted molar refractivity (Wildman–Crippen MR) is 87.4 cm³/mol. The van der Waals surface area contributed by atoms with Gasteiger partial charge in [0, 0.05) is 29.1 Å². The lowest BCUT2D eigenvalue weighted by molar-refractivity contribution is -0.121. The van der Waals surface area contributed by atoms with Crippen LogP contribution in [-0.4, -0.2) is 40.9 Å². The van der Waals surface area contributed by atoms with E-state index in [4.69, 9.17) is 17.3 Å². The third kappa shape index (κ3) is 3.59. The lowest BCUT2D eigenvalue weighted by Gasteiger charge is -2.36. The maximum atomic E-state index is 12.3. The average molecular weight is 314 g/mol. The minimum atomic E-state index is -0.166. The van der Waals surface area contributed by atoms with E-state index < -0.39 is 0 Å². The van der Waals surface area contributed by atoms with E-state index in [0.29, 0.717) is 22.4 Å². The average Bonchev–Trinajstić information content (AvgIpc) is 2.41. The summed E-state index contributed by atoms with van der Waals surface area (Å²) in [7, 11) is 0. The second-order valence-electron chi connectivity index (χ2n) is 5.06. The molecular weight excluding hydrogens is 294 g/mol. The fourth-order valence-corrected chi connectivity index (χ4v) is 3.57. The number of hydrogen-bond acceptors (Lipinski definition) is 4. The summed E-state index contributed by atoms with van der Waals surface area (Å²) in [5, 5.41) is 3.45. The monoisotopic (exact) mass is 313 g/mol. The Morgan fingerprint density at radius 1 is 1.60 bits per heavy atom. The molecule has 2 unspecified atom stereocenters. The summed E-state index contributed by atoms with van der Waals surface area (Å²) < 4.78 is 0. The maximum absolute atomic E-state index is 12.3. The molecule has 0 spiro atoms. The molecule has 1 fully saturated rings. The van der Waals surface area contributed by atoms with Crippen molar-refractivity contribution in [1.29, 1.82) is 0 Å². The number of nitrogens with one attached hydrogen (secondary N) is 1. The molecule has 1 amide bonds. The number of thioether (sulfide) groups is 1. The molecule has 1 aromatic rings. The third-order valence-corrected chi connectivity index (χ3v) is 4.99. The van der Waals surface area contributed by atoms with Crippen LogP contribution >= 0.6 is 23.4 Å².